The first-order valence-corrected chi connectivity index (χ1v) is 7.36. The van der Waals surface area contributed by atoms with E-state index in [1.807, 2.05) is 0 Å². The molecular formula is C16H31N. The molecule has 0 N–H and O–H groups in total. The highest BCUT2D eigenvalue weighted by molar-refractivity contribution is 4.88. The van der Waals surface area contributed by atoms with Gasteiger partial charge in [-0.15, -0.1) is 6.42 Å². The van der Waals surface area contributed by atoms with E-state index in [0.29, 0.717) is 6.04 Å². The topological polar surface area (TPSA) is 3.24 Å². The van der Waals surface area contributed by atoms with Crippen molar-refractivity contribution in [1.82, 2.24) is 4.90 Å². The van der Waals surface area contributed by atoms with Crippen LogP contribution < -0.4 is 0 Å². The first-order chi connectivity index (χ1) is 8.22. The average molecular weight is 237 g/mol. The molecule has 100 valence electrons. The smallest absolute Gasteiger partial charge is 0.0598 e. The molecule has 0 aliphatic rings. The minimum absolute atomic E-state index is 0.631. The fourth-order valence-corrected chi connectivity index (χ4v) is 2.09. The zero-order valence-electron chi connectivity index (χ0n) is 12.2. The molecule has 0 unspecified atom stereocenters. The summed E-state index contributed by atoms with van der Waals surface area (Å²) in [5, 5.41) is 0. The zero-order chi connectivity index (χ0) is 12.9. The van der Waals surface area contributed by atoms with E-state index in [2.05, 4.69) is 31.7 Å². The van der Waals surface area contributed by atoms with Gasteiger partial charge in [-0.2, -0.15) is 0 Å². The molecule has 0 heterocycles. The molecule has 0 aliphatic heterocycles. The largest absolute Gasteiger partial charge is 0.293 e. The maximum atomic E-state index is 5.31. The zero-order valence-corrected chi connectivity index (χ0v) is 12.2. The van der Waals surface area contributed by atoms with Gasteiger partial charge in [0.05, 0.1) is 6.54 Å². The third-order valence-electron chi connectivity index (χ3n) is 3.57. The summed E-state index contributed by atoms with van der Waals surface area (Å²) in [6.45, 7) is 5.32. The van der Waals surface area contributed by atoms with Gasteiger partial charge in [-0.1, -0.05) is 64.2 Å². The number of unbranched alkanes of at least 4 members (excludes halogenated alkanes) is 7. The van der Waals surface area contributed by atoms with Gasteiger partial charge >= 0.3 is 0 Å². The van der Waals surface area contributed by atoms with Crippen molar-refractivity contribution in [3.05, 3.63) is 0 Å². The molecule has 0 spiro atoms. The molecule has 0 fully saturated rings. The lowest BCUT2D eigenvalue weighted by atomic mass is 10.0. The van der Waals surface area contributed by atoms with Crippen LogP contribution in [0.5, 0.6) is 0 Å². The van der Waals surface area contributed by atoms with Crippen LogP contribution in [0.3, 0.4) is 0 Å². The second kappa shape index (κ2) is 12.0. The fraction of sp³-hybridized carbons (Fsp3) is 0.875. The highest BCUT2D eigenvalue weighted by Gasteiger charge is 2.06. The Bertz CT molecular complexity index is 192. The van der Waals surface area contributed by atoms with Crippen LogP contribution >= 0.6 is 0 Å². The number of terminal acetylenes is 1. The van der Waals surface area contributed by atoms with Crippen molar-refractivity contribution in [3.8, 4) is 12.3 Å². The number of nitrogens with zero attached hydrogens (tertiary/aromatic N) is 1. The van der Waals surface area contributed by atoms with Gasteiger partial charge in [0, 0.05) is 6.04 Å². The molecule has 1 nitrogen and oxygen atoms in total. The highest BCUT2D eigenvalue weighted by Crippen LogP contribution is 2.12. The summed E-state index contributed by atoms with van der Waals surface area (Å²) in [5.74, 6) is 2.70. The van der Waals surface area contributed by atoms with E-state index in [4.69, 9.17) is 6.42 Å². The van der Waals surface area contributed by atoms with Gasteiger partial charge in [0.2, 0.25) is 0 Å². The van der Waals surface area contributed by atoms with E-state index in [-0.39, 0.29) is 0 Å². The fourth-order valence-electron chi connectivity index (χ4n) is 2.09. The lowest BCUT2D eigenvalue weighted by molar-refractivity contribution is 0.268. The van der Waals surface area contributed by atoms with Crippen LogP contribution in [0.15, 0.2) is 0 Å². The van der Waals surface area contributed by atoms with Crippen molar-refractivity contribution in [1.29, 1.82) is 0 Å². The summed E-state index contributed by atoms with van der Waals surface area (Å²) in [6.07, 6.45) is 17.8. The van der Waals surface area contributed by atoms with Crippen molar-refractivity contribution in [2.24, 2.45) is 0 Å². The summed E-state index contributed by atoms with van der Waals surface area (Å²) in [5.41, 5.74) is 0. The Balaban J connectivity index is 3.25. The van der Waals surface area contributed by atoms with Crippen molar-refractivity contribution >= 4 is 0 Å². The van der Waals surface area contributed by atoms with Gasteiger partial charge in [0.25, 0.3) is 0 Å². The second-order valence-electron chi connectivity index (χ2n) is 5.23. The third-order valence-corrected chi connectivity index (χ3v) is 3.57. The Morgan fingerprint density at radius 1 is 1.00 bits per heavy atom. The predicted molar refractivity (Wildman–Crippen MR) is 78.2 cm³/mol. The molecule has 0 amide bonds. The Hall–Kier alpha value is -0.480. The quantitative estimate of drug-likeness (QED) is 0.378. The Morgan fingerprint density at radius 2 is 1.53 bits per heavy atom. The molecule has 0 saturated carbocycles. The predicted octanol–water partition coefficient (Wildman–Crippen LogP) is 4.47. The maximum Gasteiger partial charge on any atom is 0.0598 e. The molecule has 0 aromatic rings. The van der Waals surface area contributed by atoms with E-state index >= 15 is 0 Å². The van der Waals surface area contributed by atoms with Crippen LogP contribution in [0.4, 0.5) is 0 Å². The first kappa shape index (κ1) is 16.5. The van der Waals surface area contributed by atoms with Gasteiger partial charge in [-0.3, -0.25) is 4.90 Å². The van der Waals surface area contributed by atoms with Crippen LogP contribution in [0.2, 0.25) is 0 Å². The number of rotatable bonds is 11. The average Bonchev–Trinajstić information content (AvgIpc) is 2.32. The van der Waals surface area contributed by atoms with Crippen molar-refractivity contribution in [3.63, 3.8) is 0 Å². The highest BCUT2D eigenvalue weighted by atomic mass is 15.1. The second-order valence-corrected chi connectivity index (χ2v) is 5.23. The van der Waals surface area contributed by atoms with Crippen molar-refractivity contribution < 1.29 is 0 Å². The maximum absolute atomic E-state index is 5.31. The molecule has 0 bridgehead atoms. The van der Waals surface area contributed by atoms with Crippen molar-refractivity contribution in [2.75, 3.05) is 13.6 Å². The van der Waals surface area contributed by atoms with Gasteiger partial charge in [-0.05, 0) is 20.4 Å². The van der Waals surface area contributed by atoms with Gasteiger partial charge in [0.15, 0.2) is 0 Å². The number of hydrogen-bond donors (Lipinski definition) is 0. The van der Waals surface area contributed by atoms with Crippen LogP contribution in [0.25, 0.3) is 0 Å². The Labute approximate surface area is 109 Å². The monoisotopic (exact) mass is 237 g/mol. The van der Waals surface area contributed by atoms with E-state index < -0.39 is 0 Å². The van der Waals surface area contributed by atoms with Crippen LogP contribution in [0, 0.1) is 12.3 Å². The van der Waals surface area contributed by atoms with Crippen molar-refractivity contribution in [2.45, 2.75) is 77.7 Å². The Kier molecular flexibility index (Phi) is 11.7. The van der Waals surface area contributed by atoms with Gasteiger partial charge < -0.3 is 0 Å². The summed E-state index contributed by atoms with van der Waals surface area (Å²) < 4.78 is 0. The minimum atomic E-state index is 0.631. The SMILES string of the molecule is C#CCN(C)[C@H](C)CCCCCCCCCC. The molecule has 0 aliphatic carbocycles. The normalized spacial score (nSPS) is 12.6. The Morgan fingerprint density at radius 3 is 2.06 bits per heavy atom. The third kappa shape index (κ3) is 10.4. The minimum Gasteiger partial charge on any atom is -0.293 e. The molecule has 17 heavy (non-hydrogen) atoms. The molecule has 0 rings (SSSR count). The van der Waals surface area contributed by atoms with Gasteiger partial charge in [-0.25, -0.2) is 0 Å². The van der Waals surface area contributed by atoms with E-state index in [9.17, 15) is 0 Å². The molecule has 1 atom stereocenters. The molecule has 1 heteroatoms. The summed E-state index contributed by atoms with van der Waals surface area (Å²) in [7, 11) is 2.12. The van der Waals surface area contributed by atoms with Crippen LogP contribution in [-0.4, -0.2) is 24.5 Å². The molecule has 0 aromatic heterocycles. The lowest BCUT2D eigenvalue weighted by Gasteiger charge is -2.22. The summed E-state index contributed by atoms with van der Waals surface area (Å²) in [6, 6.07) is 0.631. The molecule has 0 saturated heterocycles. The first-order valence-electron chi connectivity index (χ1n) is 7.36. The van der Waals surface area contributed by atoms with E-state index in [1.54, 1.807) is 0 Å². The van der Waals surface area contributed by atoms with E-state index in [1.165, 1.54) is 57.8 Å². The molecule has 0 aromatic carbocycles. The molecular weight excluding hydrogens is 206 g/mol. The van der Waals surface area contributed by atoms with Gasteiger partial charge in [0.1, 0.15) is 0 Å². The lowest BCUT2D eigenvalue weighted by Crippen LogP contribution is -2.29. The van der Waals surface area contributed by atoms with E-state index in [0.717, 1.165) is 6.54 Å². The number of hydrogen-bond acceptors (Lipinski definition) is 1. The summed E-state index contributed by atoms with van der Waals surface area (Å²) >= 11 is 0. The molecule has 0 radical (unpaired) electrons. The van der Waals surface area contributed by atoms with Crippen LogP contribution in [0.1, 0.15) is 71.6 Å². The standard InChI is InChI=1S/C16H31N/c1-5-7-8-9-10-11-12-13-14-16(3)17(4)15-6-2/h2,16H,5,7-15H2,1,3-4H3/t16-/m1/s1. The summed E-state index contributed by atoms with van der Waals surface area (Å²) in [4.78, 5) is 2.27. The van der Waals surface area contributed by atoms with Crippen LogP contribution in [-0.2, 0) is 0 Å².